The first-order valence-electron chi connectivity index (χ1n) is 7.69. The standard InChI is InChI=1S/C18H21NO2S/c1-13-5-9-16(10-6-13)21-14(2)18(20)19(15-7-8-15)12-17-4-3-11-22-17/h3-6,9-11,14-15H,7-8,12H2,1-2H3. The van der Waals surface area contributed by atoms with Crippen molar-refractivity contribution in [2.24, 2.45) is 0 Å². The fraction of sp³-hybridized carbons (Fsp3) is 0.389. The summed E-state index contributed by atoms with van der Waals surface area (Å²) in [5, 5.41) is 2.05. The number of hydrogen-bond acceptors (Lipinski definition) is 3. The molecule has 0 aliphatic heterocycles. The Hall–Kier alpha value is -1.81. The van der Waals surface area contributed by atoms with E-state index in [0.717, 1.165) is 18.6 Å². The number of benzene rings is 1. The Kier molecular flexibility index (Phi) is 4.48. The lowest BCUT2D eigenvalue weighted by Crippen LogP contribution is -2.41. The highest BCUT2D eigenvalue weighted by Gasteiger charge is 2.35. The van der Waals surface area contributed by atoms with Crippen LogP contribution in [0.5, 0.6) is 5.75 Å². The normalized spacial score (nSPS) is 15.4. The zero-order valence-corrected chi connectivity index (χ0v) is 13.8. The Bertz CT molecular complexity index is 617. The van der Waals surface area contributed by atoms with Gasteiger partial charge < -0.3 is 9.64 Å². The van der Waals surface area contributed by atoms with E-state index in [9.17, 15) is 4.79 Å². The van der Waals surface area contributed by atoms with Gasteiger partial charge in [-0.1, -0.05) is 23.8 Å². The van der Waals surface area contributed by atoms with E-state index < -0.39 is 6.10 Å². The highest BCUT2D eigenvalue weighted by atomic mass is 32.1. The third-order valence-corrected chi connectivity index (χ3v) is 4.72. The van der Waals surface area contributed by atoms with E-state index in [-0.39, 0.29) is 5.91 Å². The summed E-state index contributed by atoms with van der Waals surface area (Å²) in [7, 11) is 0. The van der Waals surface area contributed by atoms with Crippen LogP contribution in [0, 0.1) is 6.92 Å². The number of rotatable bonds is 6. The average molecular weight is 315 g/mol. The van der Waals surface area contributed by atoms with Crippen LogP contribution in [0.3, 0.4) is 0 Å². The molecule has 1 atom stereocenters. The molecular formula is C18H21NO2S. The lowest BCUT2D eigenvalue weighted by Gasteiger charge is -2.25. The molecular weight excluding hydrogens is 294 g/mol. The first-order valence-corrected chi connectivity index (χ1v) is 8.57. The highest BCUT2D eigenvalue weighted by molar-refractivity contribution is 7.09. The summed E-state index contributed by atoms with van der Waals surface area (Å²) in [5.74, 6) is 0.829. The van der Waals surface area contributed by atoms with Gasteiger partial charge in [0.05, 0.1) is 6.54 Å². The van der Waals surface area contributed by atoms with Crippen LogP contribution >= 0.6 is 11.3 Å². The van der Waals surface area contributed by atoms with Gasteiger partial charge in [-0.2, -0.15) is 0 Å². The van der Waals surface area contributed by atoms with Crippen molar-refractivity contribution in [1.29, 1.82) is 0 Å². The maximum absolute atomic E-state index is 12.7. The van der Waals surface area contributed by atoms with Gasteiger partial charge in [-0.25, -0.2) is 0 Å². The van der Waals surface area contributed by atoms with Gasteiger partial charge in [-0.05, 0) is 50.3 Å². The van der Waals surface area contributed by atoms with Crippen LogP contribution in [0.25, 0.3) is 0 Å². The van der Waals surface area contributed by atoms with Crippen molar-refractivity contribution in [3.8, 4) is 5.75 Å². The van der Waals surface area contributed by atoms with Gasteiger partial charge >= 0.3 is 0 Å². The zero-order valence-electron chi connectivity index (χ0n) is 13.0. The smallest absolute Gasteiger partial charge is 0.263 e. The lowest BCUT2D eigenvalue weighted by atomic mass is 10.2. The molecule has 1 amide bonds. The second-order valence-corrected chi connectivity index (χ2v) is 6.88. The summed E-state index contributed by atoms with van der Waals surface area (Å²) in [6, 6.07) is 12.3. The molecule has 1 heterocycles. The number of amides is 1. The SMILES string of the molecule is Cc1ccc(OC(C)C(=O)N(Cc2cccs2)C2CC2)cc1. The molecule has 2 aromatic rings. The molecule has 1 aromatic carbocycles. The maximum atomic E-state index is 12.7. The molecule has 1 aliphatic carbocycles. The van der Waals surface area contributed by atoms with E-state index in [1.165, 1.54) is 10.4 Å². The first kappa shape index (κ1) is 15.1. The number of hydrogen-bond donors (Lipinski definition) is 0. The number of carbonyl (C=O) groups excluding carboxylic acids is 1. The average Bonchev–Trinajstić information content (AvgIpc) is 3.23. The number of nitrogens with zero attached hydrogens (tertiary/aromatic N) is 1. The molecule has 1 fully saturated rings. The summed E-state index contributed by atoms with van der Waals surface area (Å²) < 4.78 is 5.82. The number of thiophene rings is 1. The second kappa shape index (κ2) is 6.53. The Morgan fingerprint density at radius 2 is 2.05 bits per heavy atom. The van der Waals surface area contributed by atoms with Gasteiger partial charge in [0.15, 0.2) is 6.10 Å². The molecule has 3 rings (SSSR count). The maximum Gasteiger partial charge on any atom is 0.263 e. The second-order valence-electron chi connectivity index (χ2n) is 5.85. The molecule has 1 saturated carbocycles. The highest BCUT2D eigenvalue weighted by Crippen LogP contribution is 2.30. The van der Waals surface area contributed by atoms with Crippen LogP contribution in [-0.2, 0) is 11.3 Å². The van der Waals surface area contributed by atoms with Crippen LogP contribution in [0.4, 0.5) is 0 Å². The van der Waals surface area contributed by atoms with Gasteiger partial charge in [0, 0.05) is 10.9 Å². The summed E-state index contributed by atoms with van der Waals surface area (Å²) >= 11 is 1.70. The van der Waals surface area contributed by atoms with Crippen LogP contribution in [-0.4, -0.2) is 23.0 Å². The van der Waals surface area contributed by atoms with Crippen molar-refractivity contribution in [2.45, 2.75) is 45.4 Å². The van der Waals surface area contributed by atoms with Crippen molar-refractivity contribution in [1.82, 2.24) is 4.90 Å². The van der Waals surface area contributed by atoms with E-state index in [2.05, 4.69) is 11.4 Å². The molecule has 1 aliphatic rings. The molecule has 0 N–H and O–H groups in total. The Balaban J connectivity index is 1.65. The molecule has 1 aromatic heterocycles. The molecule has 22 heavy (non-hydrogen) atoms. The van der Waals surface area contributed by atoms with Gasteiger partial charge in [-0.3, -0.25) is 4.79 Å². The van der Waals surface area contributed by atoms with Crippen molar-refractivity contribution < 1.29 is 9.53 Å². The number of ether oxygens (including phenoxy) is 1. The Morgan fingerprint density at radius 1 is 1.32 bits per heavy atom. The monoisotopic (exact) mass is 315 g/mol. The minimum Gasteiger partial charge on any atom is -0.481 e. The number of carbonyl (C=O) groups is 1. The van der Waals surface area contributed by atoms with Crippen molar-refractivity contribution in [3.05, 3.63) is 52.2 Å². The predicted octanol–water partition coefficient (Wildman–Crippen LogP) is 4.02. The van der Waals surface area contributed by atoms with Gasteiger partial charge in [0.25, 0.3) is 5.91 Å². The van der Waals surface area contributed by atoms with Crippen LogP contribution < -0.4 is 4.74 Å². The first-order chi connectivity index (χ1) is 10.6. The summed E-state index contributed by atoms with van der Waals surface area (Å²) in [6.07, 6.45) is 1.76. The number of aryl methyl sites for hydroxylation is 1. The molecule has 4 heteroatoms. The van der Waals surface area contributed by atoms with E-state index >= 15 is 0 Å². The minimum atomic E-state index is -0.455. The third-order valence-electron chi connectivity index (χ3n) is 3.86. The van der Waals surface area contributed by atoms with Crippen LogP contribution in [0.2, 0.25) is 0 Å². The van der Waals surface area contributed by atoms with Crippen molar-refractivity contribution in [3.63, 3.8) is 0 Å². The Morgan fingerprint density at radius 3 is 2.64 bits per heavy atom. The van der Waals surface area contributed by atoms with Crippen molar-refractivity contribution >= 4 is 17.2 Å². The summed E-state index contributed by atoms with van der Waals surface area (Å²) in [5.41, 5.74) is 1.18. The molecule has 3 nitrogen and oxygen atoms in total. The quantitative estimate of drug-likeness (QED) is 0.806. The van der Waals surface area contributed by atoms with Crippen LogP contribution in [0.15, 0.2) is 41.8 Å². The topological polar surface area (TPSA) is 29.5 Å². The summed E-state index contributed by atoms with van der Waals surface area (Å²) in [6.45, 7) is 4.57. The molecule has 116 valence electrons. The fourth-order valence-corrected chi connectivity index (χ4v) is 3.15. The third kappa shape index (κ3) is 3.69. The molecule has 0 spiro atoms. The van der Waals surface area contributed by atoms with E-state index in [1.807, 2.05) is 49.1 Å². The van der Waals surface area contributed by atoms with Crippen LogP contribution in [0.1, 0.15) is 30.2 Å². The predicted molar refractivity (Wildman–Crippen MR) is 89.2 cm³/mol. The van der Waals surface area contributed by atoms with E-state index in [4.69, 9.17) is 4.74 Å². The lowest BCUT2D eigenvalue weighted by molar-refractivity contribution is -0.139. The van der Waals surface area contributed by atoms with Gasteiger partial charge in [0.2, 0.25) is 0 Å². The molecule has 1 unspecified atom stereocenters. The van der Waals surface area contributed by atoms with Gasteiger partial charge in [0.1, 0.15) is 5.75 Å². The van der Waals surface area contributed by atoms with Crippen molar-refractivity contribution in [2.75, 3.05) is 0 Å². The molecule has 0 radical (unpaired) electrons. The largest absolute Gasteiger partial charge is 0.481 e. The minimum absolute atomic E-state index is 0.0801. The molecule has 0 bridgehead atoms. The Labute approximate surface area is 135 Å². The zero-order chi connectivity index (χ0) is 15.5. The summed E-state index contributed by atoms with van der Waals surface area (Å²) in [4.78, 5) is 15.9. The molecule has 0 saturated heterocycles. The van der Waals surface area contributed by atoms with Gasteiger partial charge in [-0.15, -0.1) is 11.3 Å². The fourth-order valence-electron chi connectivity index (χ4n) is 2.45. The van der Waals surface area contributed by atoms with E-state index in [0.29, 0.717) is 12.6 Å². The van der Waals surface area contributed by atoms with E-state index in [1.54, 1.807) is 11.3 Å².